The number of nitrogens with one attached hydrogen (secondary N) is 1. The van der Waals surface area contributed by atoms with E-state index in [1.54, 1.807) is 7.11 Å². The second kappa shape index (κ2) is 3.56. The number of halogens is 1. The van der Waals surface area contributed by atoms with Crippen LogP contribution in [0.4, 0.5) is 0 Å². The lowest BCUT2D eigenvalue weighted by Gasteiger charge is -2.16. The van der Waals surface area contributed by atoms with Gasteiger partial charge in [0.1, 0.15) is 0 Å². The molecule has 1 unspecified atom stereocenters. The molecule has 0 radical (unpaired) electrons. The van der Waals surface area contributed by atoms with Gasteiger partial charge in [-0.15, -0.1) is 12.4 Å². The molecule has 0 spiro atoms. The molecular weight excluding hydrogens is 150 g/mol. The maximum Gasteiger partial charge on any atom is 0.0713 e. The highest BCUT2D eigenvalue weighted by molar-refractivity contribution is 5.85. The van der Waals surface area contributed by atoms with Gasteiger partial charge in [-0.1, -0.05) is 0 Å². The van der Waals surface area contributed by atoms with Crippen LogP contribution in [0.1, 0.15) is 20.3 Å². The highest BCUT2D eigenvalue weighted by Crippen LogP contribution is 2.19. The van der Waals surface area contributed by atoms with Crippen molar-refractivity contribution in [3.05, 3.63) is 0 Å². The summed E-state index contributed by atoms with van der Waals surface area (Å²) in [6.45, 7) is 5.40. The van der Waals surface area contributed by atoms with Gasteiger partial charge in [0, 0.05) is 19.2 Å². The highest BCUT2D eigenvalue weighted by atomic mass is 35.5. The van der Waals surface area contributed by atoms with Crippen molar-refractivity contribution in [3.63, 3.8) is 0 Å². The van der Waals surface area contributed by atoms with Crippen LogP contribution >= 0.6 is 12.4 Å². The number of ether oxygens (including phenoxy) is 1. The summed E-state index contributed by atoms with van der Waals surface area (Å²) >= 11 is 0. The Bertz CT molecular complexity index is 106. The molecule has 1 aliphatic rings. The molecule has 0 saturated carbocycles. The Hall–Kier alpha value is 0.210. The average Bonchev–Trinajstić information content (AvgIpc) is 2.10. The van der Waals surface area contributed by atoms with E-state index >= 15 is 0 Å². The minimum Gasteiger partial charge on any atom is -0.380 e. The van der Waals surface area contributed by atoms with Crippen molar-refractivity contribution in [1.82, 2.24) is 5.32 Å². The lowest BCUT2D eigenvalue weighted by molar-refractivity contribution is 0.114. The predicted molar refractivity (Wildman–Crippen MR) is 44.7 cm³/mol. The first-order valence-corrected chi connectivity index (χ1v) is 3.42. The van der Waals surface area contributed by atoms with Crippen LogP contribution in [0.15, 0.2) is 0 Å². The molecule has 10 heavy (non-hydrogen) atoms. The normalized spacial score (nSPS) is 29.7. The lowest BCUT2D eigenvalue weighted by atomic mass is 10.0. The van der Waals surface area contributed by atoms with E-state index in [0.717, 1.165) is 13.0 Å². The molecule has 62 valence electrons. The summed E-state index contributed by atoms with van der Waals surface area (Å²) in [5.41, 5.74) is 0.292. The molecule has 1 heterocycles. The molecule has 3 heteroatoms. The van der Waals surface area contributed by atoms with Crippen LogP contribution < -0.4 is 5.32 Å². The van der Waals surface area contributed by atoms with Crippen molar-refractivity contribution in [1.29, 1.82) is 0 Å². The van der Waals surface area contributed by atoms with Gasteiger partial charge in [-0.3, -0.25) is 0 Å². The number of rotatable bonds is 1. The van der Waals surface area contributed by atoms with E-state index in [-0.39, 0.29) is 12.4 Å². The Labute approximate surface area is 68.7 Å². The van der Waals surface area contributed by atoms with Crippen molar-refractivity contribution in [2.24, 2.45) is 0 Å². The SMILES string of the molecule is COC1CNC(C)(C)C1.Cl. The fraction of sp³-hybridized carbons (Fsp3) is 1.00. The van der Waals surface area contributed by atoms with E-state index in [1.165, 1.54) is 0 Å². The van der Waals surface area contributed by atoms with Crippen LogP contribution in [0, 0.1) is 0 Å². The monoisotopic (exact) mass is 165 g/mol. The molecule has 0 bridgehead atoms. The Morgan fingerprint density at radius 2 is 2.10 bits per heavy atom. The molecule has 1 fully saturated rings. The maximum absolute atomic E-state index is 5.18. The van der Waals surface area contributed by atoms with Crippen LogP contribution in [0.3, 0.4) is 0 Å². The van der Waals surface area contributed by atoms with Crippen LogP contribution in [0.5, 0.6) is 0 Å². The van der Waals surface area contributed by atoms with E-state index in [9.17, 15) is 0 Å². The van der Waals surface area contributed by atoms with Gasteiger partial charge in [0.05, 0.1) is 6.10 Å². The number of hydrogen-bond donors (Lipinski definition) is 1. The van der Waals surface area contributed by atoms with Crippen molar-refractivity contribution in [2.45, 2.75) is 31.9 Å². The van der Waals surface area contributed by atoms with Crippen molar-refractivity contribution >= 4 is 12.4 Å². The molecule has 0 aromatic heterocycles. The quantitative estimate of drug-likeness (QED) is 0.631. The third-order valence-electron chi connectivity index (χ3n) is 1.88. The first kappa shape index (κ1) is 10.2. The highest BCUT2D eigenvalue weighted by Gasteiger charge is 2.29. The van der Waals surface area contributed by atoms with E-state index < -0.39 is 0 Å². The van der Waals surface area contributed by atoms with Gasteiger partial charge in [0.15, 0.2) is 0 Å². The molecule has 1 saturated heterocycles. The van der Waals surface area contributed by atoms with Crippen LogP contribution in [-0.4, -0.2) is 25.3 Å². The molecule has 2 nitrogen and oxygen atoms in total. The van der Waals surface area contributed by atoms with Gasteiger partial charge in [-0.2, -0.15) is 0 Å². The topological polar surface area (TPSA) is 21.3 Å². The van der Waals surface area contributed by atoms with Crippen molar-refractivity contribution < 1.29 is 4.74 Å². The Morgan fingerprint density at radius 3 is 2.30 bits per heavy atom. The van der Waals surface area contributed by atoms with Crippen LogP contribution in [0.2, 0.25) is 0 Å². The van der Waals surface area contributed by atoms with E-state index in [4.69, 9.17) is 4.74 Å². The molecule has 1 rings (SSSR count). The summed E-state index contributed by atoms with van der Waals surface area (Å²) in [6.07, 6.45) is 1.56. The van der Waals surface area contributed by atoms with Gasteiger partial charge < -0.3 is 10.1 Å². The zero-order valence-corrected chi connectivity index (χ0v) is 7.62. The third-order valence-corrected chi connectivity index (χ3v) is 1.88. The first-order chi connectivity index (χ1) is 4.14. The fourth-order valence-electron chi connectivity index (χ4n) is 1.27. The van der Waals surface area contributed by atoms with Crippen LogP contribution in [-0.2, 0) is 4.74 Å². The fourth-order valence-corrected chi connectivity index (χ4v) is 1.27. The number of methoxy groups -OCH3 is 1. The molecule has 1 aliphatic heterocycles. The summed E-state index contributed by atoms with van der Waals surface area (Å²) < 4.78 is 5.18. The summed E-state index contributed by atoms with van der Waals surface area (Å²) in [6, 6.07) is 0. The molecule has 1 atom stereocenters. The minimum absolute atomic E-state index is 0. The summed E-state index contributed by atoms with van der Waals surface area (Å²) in [5, 5.41) is 3.37. The lowest BCUT2D eigenvalue weighted by Crippen LogP contribution is -2.31. The first-order valence-electron chi connectivity index (χ1n) is 3.42. The zero-order valence-electron chi connectivity index (χ0n) is 6.81. The van der Waals surface area contributed by atoms with E-state index in [0.29, 0.717) is 11.6 Å². The molecule has 0 aromatic carbocycles. The Morgan fingerprint density at radius 1 is 1.50 bits per heavy atom. The van der Waals surface area contributed by atoms with Crippen LogP contribution in [0.25, 0.3) is 0 Å². The molecule has 0 aromatic rings. The number of hydrogen-bond acceptors (Lipinski definition) is 2. The summed E-state index contributed by atoms with van der Waals surface area (Å²) in [5.74, 6) is 0. The second-order valence-corrected chi connectivity index (χ2v) is 3.33. The third kappa shape index (κ3) is 2.45. The predicted octanol–water partition coefficient (Wildman–Crippen LogP) is 1.20. The van der Waals surface area contributed by atoms with Crippen molar-refractivity contribution in [3.8, 4) is 0 Å². The second-order valence-electron chi connectivity index (χ2n) is 3.33. The van der Waals surface area contributed by atoms with Gasteiger partial charge in [-0.05, 0) is 20.3 Å². The van der Waals surface area contributed by atoms with E-state index in [1.807, 2.05) is 0 Å². The van der Waals surface area contributed by atoms with Crippen molar-refractivity contribution in [2.75, 3.05) is 13.7 Å². The van der Waals surface area contributed by atoms with Gasteiger partial charge in [-0.25, -0.2) is 0 Å². The molecule has 0 amide bonds. The summed E-state index contributed by atoms with van der Waals surface area (Å²) in [7, 11) is 1.77. The van der Waals surface area contributed by atoms with Gasteiger partial charge >= 0.3 is 0 Å². The standard InChI is InChI=1S/C7H15NO.ClH/c1-7(2)4-6(9-3)5-8-7;/h6,8H,4-5H2,1-3H3;1H. The van der Waals surface area contributed by atoms with Gasteiger partial charge in [0.2, 0.25) is 0 Å². The zero-order chi connectivity index (χ0) is 6.91. The molecule has 0 aliphatic carbocycles. The summed E-state index contributed by atoms with van der Waals surface area (Å²) in [4.78, 5) is 0. The Balaban J connectivity index is 0.000000810. The largest absolute Gasteiger partial charge is 0.380 e. The molecular formula is C7H16ClNO. The minimum atomic E-state index is 0. The maximum atomic E-state index is 5.18. The van der Waals surface area contributed by atoms with E-state index in [2.05, 4.69) is 19.2 Å². The average molecular weight is 166 g/mol. The Kier molecular flexibility index (Phi) is 3.63. The van der Waals surface area contributed by atoms with Gasteiger partial charge in [0.25, 0.3) is 0 Å². The smallest absolute Gasteiger partial charge is 0.0713 e. The molecule has 1 N–H and O–H groups in total.